The third kappa shape index (κ3) is 3.10. The molecule has 1 aromatic carbocycles. The van der Waals surface area contributed by atoms with Gasteiger partial charge in [-0.15, -0.1) is 0 Å². The number of furan rings is 1. The van der Waals surface area contributed by atoms with Gasteiger partial charge in [-0.1, -0.05) is 0 Å². The van der Waals surface area contributed by atoms with E-state index in [0.29, 0.717) is 5.76 Å². The van der Waals surface area contributed by atoms with Gasteiger partial charge in [-0.05, 0) is 56.5 Å². The molecule has 0 radical (unpaired) electrons. The topological polar surface area (TPSA) is 45.5 Å². The first-order valence-electron chi connectivity index (χ1n) is 7.44. The number of benzene rings is 1. The molecule has 2 aromatic rings. The molecule has 110 valence electrons. The fourth-order valence-corrected chi connectivity index (χ4v) is 2.70. The molecule has 1 amide bonds. The Labute approximate surface area is 124 Å². The molecule has 1 aromatic heterocycles. The molecule has 4 heteroatoms. The number of rotatable bonds is 3. The van der Waals surface area contributed by atoms with Crippen LogP contribution < -0.4 is 10.2 Å². The Kier molecular flexibility index (Phi) is 3.95. The van der Waals surface area contributed by atoms with Crippen molar-refractivity contribution in [3.05, 3.63) is 47.9 Å². The largest absolute Gasteiger partial charge is 0.459 e. The average Bonchev–Trinajstić information content (AvgIpc) is 2.95. The summed E-state index contributed by atoms with van der Waals surface area (Å²) < 4.78 is 5.20. The summed E-state index contributed by atoms with van der Waals surface area (Å²) in [5.74, 6) is 0.165. The maximum atomic E-state index is 12.1. The minimum atomic E-state index is -0.205. The molecule has 1 aliphatic heterocycles. The Bertz CT molecular complexity index is 610. The fraction of sp³-hybridized carbons (Fsp3) is 0.353. The van der Waals surface area contributed by atoms with Crippen molar-refractivity contribution in [2.24, 2.45) is 0 Å². The molecule has 0 unspecified atom stereocenters. The van der Waals surface area contributed by atoms with Crippen molar-refractivity contribution in [3.8, 4) is 0 Å². The number of aryl methyl sites for hydroxylation is 1. The summed E-state index contributed by atoms with van der Waals surface area (Å²) in [6.07, 6.45) is 5.38. The number of nitrogens with zero attached hydrogens (tertiary/aromatic N) is 1. The van der Waals surface area contributed by atoms with Crippen molar-refractivity contribution >= 4 is 17.3 Å². The highest BCUT2D eigenvalue weighted by molar-refractivity contribution is 6.03. The van der Waals surface area contributed by atoms with Crippen LogP contribution in [0.1, 0.15) is 35.4 Å². The maximum absolute atomic E-state index is 12.1. The van der Waals surface area contributed by atoms with Crippen molar-refractivity contribution in [1.82, 2.24) is 0 Å². The van der Waals surface area contributed by atoms with Crippen LogP contribution in [-0.2, 0) is 0 Å². The molecule has 4 nitrogen and oxygen atoms in total. The minimum absolute atomic E-state index is 0.205. The van der Waals surface area contributed by atoms with Crippen molar-refractivity contribution < 1.29 is 9.21 Å². The number of hydrogen-bond acceptors (Lipinski definition) is 3. The van der Waals surface area contributed by atoms with E-state index < -0.39 is 0 Å². The number of carbonyl (C=O) groups is 1. The summed E-state index contributed by atoms with van der Waals surface area (Å²) in [5, 5.41) is 2.86. The quantitative estimate of drug-likeness (QED) is 0.931. The van der Waals surface area contributed by atoms with Gasteiger partial charge in [-0.2, -0.15) is 0 Å². The van der Waals surface area contributed by atoms with Gasteiger partial charge in [0, 0.05) is 30.0 Å². The molecule has 3 rings (SSSR count). The number of anilines is 2. The SMILES string of the molecule is Cc1ccoc1C(=O)Nc1ccc(N2CCCCC2)cc1. The lowest BCUT2D eigenvalue weighted by atomic mass is 10.1. The summed E-state index contributed by atoms with van der Waals surface area (Å²) in [6.45, 7) is 4.10. The normalized spacial score (nSPS) is 15.0. The van der Waals surface area contributed by atoms with Crippen LogP contribution in [0.4, 0.5) is 11.4 Å². The predicted molar refractivity (Wildman–Crippen MR) is 83.9 cm³/mol. The molecule has 1 N–H and O–H groups in total. The summed E-state index contributed by atoms with van der Waals surface area (Å²) >= 11 is 0. The Hall–Kier alpha value is -2.23. The molecular weight excluding hydrogens is 264 g/mol. The van der Waals surface area contributed by atoms with E-state index in [4.69, 9.17) is 4.42 Å². The first-order valence-corrected chi connectivity index (χ1v) is 7.44. The zero-order valence-corrected chi connectivity index (χ0v) is 12.3. The van der Waals surface area contributed by atoms with Gasteiger partial charge in [0.2, 0.25) is 0 Å². The standard InChI is InChI=1S/C17H20N2O2/c1-13-9-12-21-16(13)17(20)18-14-5-7-15(8-6-14)19-10-3-2-4-11-19/h5-9,12H,2-4,10-11H2,1H3,(H,18,20). The van der Waals surface area contributed by atoms with Gasteiger partial charge in [0.05, 0.1) is 6.26 Å². The van der Waals surface area contributed by atoms with Crippen molar-refractivity contribution in [3.63, 3.8) is 0 Å². The highest BCUT2D eigenvalue weighted by Gasteiger charge is 2.14. The molecule has 0 atom stereocenters. The summed E-state index contributed by atoms with van der Waals surface area (Å²) in [7, 11) is 0. The number of hydrogen-bond donors (Lipinski definition) is 1. The van der Waals surface area contributed by atoms with Gasteiger partial charge in [-0.3, -0.25) is 4.79 Å². The molecule has 1 saturated heterocycles. The van der Waals surface area contributed by atoms with E-state index in [1.165, 1.54) is 31.2 Å². The van der Waals surface area contributed by atoms with Gasteiger partial charge >= 0.3 is 0 Å². The molecule has 1 fully saturated rings. The second-order valence-electron chi connectivity index (χ2n) is 5.48. The Morgan fingerprint density at radius 3 is 2.43 bits per heavy atom. The van der Waals surface area contributed by atoms with E-state index in [1.807, 2.05) is 19.1 Å². The van der Waals surface area contributed by atoms with Gasteiger partial charge in [0.15, 0.2) is 5.76 Å². The third-order valence-electron chi connectivity index (χ3n) is 3.91. The van der Waals surface area contributed by atoms with Gasteiger partial charge in [-0.25, -0.2) is 0 Å². The van der Waals surface area contributed by atoms with Gasteiger partial charge in [0.25, 0.3) is 5.91 Å². The van der Waals surface area contributed by atoms with E-state index >= 15 is 0 Å². The van der Waals surface area contributed by atoms with Crippen LogP contribution in [0, 0.1) is 6.92 Å². The summed E-state index contributed by atoms with van der Waals surface area (Å²) in [6, 6.07) is 9.81. The summed E-state index contributed by atoms with van der Waals surface area (Å²) in [4.78, 5) is 14.5. The van der Waals surface area contributed by atoms with Crippen LogP contribution in [0.15, 0.2) is 41.0 Å². The highest BCUT2D eigenvalue weighted by atomic mass is 16.3. The molecule has 2 heterocycles. The van der Waals surface area contributed by atoms with Crippen LogP contribution in [-0.4, -0.2) is 19.0 Å². The molecular formula is C17H20N2O2. The van der Waals surface area contributed by atoms with Crippen LogP contribution in [0.25, 0.3) is 0 Å². The Morgan fingerprint density at radius 2 is 1.81 bits per heavy atom. The van der Waals surface area contributed by atoms with Crippen LogP contribution in [0.2, 0.25) is 0 Å². The van der Waals surface area contributed by atoms with E-state index in [-0.39, 0.29) is 5.91 Å². The monoisotopic (exact) mass is 284 g/mol. The van der Waals surface area contributed by atoms with Crippen molar-refractivity contribution in [2.45, 2.75) is 26.2 Å². The van der Waals surface area contributed by atoms with Crippen LogP contribution in [0.3, 0.4) is 0 Å². The molecule has 0 bridgehead atoms. The molecule has 0 saturated carbocycles. The lowest BCUT2D eigenvalue weighted by Crippen LogP contribution is -2.29. The van der Waals surface area contributed by atoms with E-state index in [1.54, 1.807) is 6.07 Å². The smallest absolute Gasteiger partial charge is 0.291 e. The molecule has 0 spiro atoms. The van der Waals surface area contributed by atoms with E-state index in [0.717, 1.165) is 24.3 Å². The fourth-order valence-electron chi connectivity index (χ4n) is 2.70. The Morgan fingerprint density at radius 1 is 1.10 bits per heavy atom. The number of piperidine rings is 1. The molecule has 1 aliphatic rings. The average molecular weight is 284 g/mol. The molecule has 0 aliphatic carbocycles. The number of amides is 1. The zero-order valence-electron chi connectivity index (χ0n) is 12.3. The lowest BCUT2D eigenvalue weighted by Gasteiger charge is -2.28. The minimum Gasteiger partial charge on any atom is -0.459 e. The predicted octanol–water partition coefficient (Wildman–Crippen LogP) is 3.83. The Balaban J connectivity index is 1.67. The second kappa shape index (κ2) is 6.04. The van der Waals surface area contributed by atoms with Gasteiger partial charge in [0.1, 0.15) is 0 Å². The number of carbonyl (C=O) groups excluding carboxylic acids is 1. The van der Waals surface area contributed by atoms with Crippen molar-refractivity contribution in [2.75, 3.05) is 23.3 Å². The van der Waals surface area contributed by atoms with E-state index in [2.05, 4.69) is 22.3 Å². The zero-order chi connectivity index (χ0) is 14.7. The number of nitrogens with one attached hydrogen (secondary N) is 1. The van der Waals surface area contributed by atoms with Crippen LogP contribution in [0.5, 0.6) is 0 Å². The van der Waals surface area contributed by atoms with Crippen molar-refractivity contribution in [1.29, 1.82) is 0 Å². The first-order chi connectivity index (χ1) is 10.2. The highest BCUT2D eigenvalue weighted by Crippen LogP contribution is 2.22. The maximum Gasteiger partial charge on any atom is 0.291 e. The van der Waals surface area contributed by atoms with Crippen LogP contribution >= 0.6 is 0 Å². The third-order valence-corrected chi connectivity index (χ3v) is 3.91. The van der Waals surface area contributed by atoms with Gasteiger partial charge < -0.3 is 14.6 Å². The molecule has 21 heavy (non-hydrogen) atoms. The second-order valence-corrected chi connectivity index (χ2v) is 5.48. The first kappa shape index (κ1) is 13.7. The lowest BCUT2D eigenvalue weighted by molar-refractivity contribution is 0.0996. The van der Waals surface area contributed by atoms with E-state index in [9.17, 15) is 4.79 Å². The summed E-state index contributed by atoms with van der Waals surface area (Å²) in [5.41, 5.74) is 2.86.